The quantitative estimate of drug-likeness (QED) is 0.807. The third kappa shape index (κ3) is 2.89. The molecule has 0 bridgehead atoms. The first kappa shape index (κ1) is 13.9. The zero-order valence-corrected chi connectivity index (χ0v) is 12.5. The predicted molar refractivity (Wildman–Crippen MR) is 79.3 cm³/mol. The third-order valence-electron chi connectivity index (χ3n) is 4.18. The highest BCUT2D eigenvalue weighted by molar-refractivity contribution is 6.31. The molecule has 0 amide bonds. The lowest BCUT2D eigenvalue weighted by molar-refractivity contribution is 0.231. The maximum absolute atomic E-state index is 6.46. The Morgan fingerprint density at radius 3 is 2.50 bits per heavy atom. The minimum Gasteiger partial charge on any atom is -0.310 e. The molecule has 100 valence electrons. The van der Waals surface area contributed by atoms with Crippen molar-refractivity contribution >= 4 is 11.6 Å². The van der Waals surface area contributed by atoms with E-state index >= 15 is 0 Å². The van der Waals surface area contributed by atoms with Crippen LogP contribution in [0.5, 0.6) is 0 Å². The molecular weight excluding hydrogens is 242 g/mol. The second-order valence-electron chi connectivity index (χ2n) is 5.58. The standard InChI is InChI=1S/C16H24ClN/c1-4-8-18-16(13-6-5-7-13)14-9-11(2)12(3)10-15(14)17/h9-10,13,16,18H,4-8H2,1-3H3. The van der Waals surface area contributed by atoms with E-state index in [1.807, 2.05) is 0 Å². The summed E-state index contributed by atoms with van der Waals surface area (Å²) >= 11 is 6.46. The molecule has 1 aromatic carbocycles. The Bertz CT molecular complexity index is 410. The van der Waals surface area contributed by atoms with Crippen molar-refractivity contribution in [2.75, 3.05) is 6.54 Å². The van der Waals surface area contributed by atoms with Crippen LogP contribution in [0.2, 0.25) is 5.02 Å². The molecule has 1 aliphatic carbocycles. The van der Waals surface area contributed by atoms with E-state index in [4.69, 9.17) is 11.6 Å². The fraction of sp³-hybridized carbons (Fsp3) is 0.625. The lowest BCUT2D eigenvalue weighted by Gasteiger charge is -2.35. The van der Waals surface area contributed by atoms with Gasteiger partial charge in [-0.2, -0.15) is 0 Å². The Hall–Kier alpha value is -0.530. The van der Waals surface area contributed by atoms with Crippen LogP contribution < -0.4 is 5.32 Å². The van der Waals surface area contributed by atoms with Crippen LogP contribution in [0, 0.1) is 19.8 Å². The van der Waals surface area contributed by atoms with Gasteiger partial charge in [-0.15, -0.1) is 0 Å². The first-order valence-electron chi connectivity index (χ1n) is 7.13. The van der Waals surface area contributed by atoms with Crippen molar-refractivity contribution in [1.29, 1.82) is 0 Å². The highest BCUT2D eigenvalue weighted by Gasteiger charge is 2.29. The molecule has 1 aliphatic rings. The summed E-state index contributed by atoms with van der Waals surface area (Å²) in [7, 11) is 0. The molecule has 1 atom stereocenters. The zero-order chi connectivity index (χ0) is 13.1. The van der Waals surface area contributed by atoms with E-state index in [0.717, 1.165) is 17.5 Å². The summed E-state index contributed by atoms with van der Waals surface area (Å²) in [5.74, 6) is 0.774. The molecular formula is C16H24ClN. The number of benzene rings is 1. The molecule has 0 aromatic heterocycles. The van der Waals surface area contributed by atoms with Gasteiger partial charge in [-0.25, -0.2) is 0 Å². The SMILES string of the molecule is CCCNC(c1cc(C)c(C)cc1Cl)C1CCC1. The van der Waals surface area contributed by atoms with Gasteiger partial charge in [0.15, 0.2) is 0 Å². The Labute approximate surface area is 116 Å². The topological polar surface area (TPSA) is 12.0 Å². The summed E-state index contributed by atoms with van der Waals surface area (Å²) in [6, 6.07) is 4.85. The molecule has 1 saturated carbocycles. The summed E-state index contributed by atoms with van der Waals surface area (Å²) in [5.41, 5.74) is 3.93. The van der Waals surface area contributed by atoms with E-state index in [2.05, 4.69) is 38.2 Å². The predicted octanol–water partition coefficient (Wildman–Crippen LogP) is 4.80. The van der Waals surface area contributed by atoms with Crippen LogP contribution in [-0.2, 0) is 0 Å². The molecule has 1 aromatic rings. The molecule has 0 aliphatic heterocycles. The molecule has 1 unspecified atom stereocenters. The van der Waals surface area contributed by atoms with Crippen molar-refractivity contribution in [3.8, 4) is 0 Å². The third-order valence-corrected chi connectivity index (χ3v) is 4.51. The normalized spacial score (nSPS) is 17.6. The monoisotopic (exact) mass is 265 g/mol. The maximum Gasteiger partial charge on any atom is 0.0456 e. The van der Waals surface area contributed by atoms with E-state index < -0.39 is 0 Å². The van der Waals surface area contributed by atoms with Crippen molar-refractivity contribution < 1.29 is 0 Å². The number of halogens is 1. The Morgan fingerprint density at radius 2 is 1.94 bits per heavy atom. The van der Waals surface area contributed by atoms with Crippen molar-refractivity contribution in [3.05, 3.63) is 33.8 Å². The number of aryl methyl sites for hydroxylation is 2. The second-order valence-corrected chi connectivity index (χ2v) is 5.99. The summed E-state index contributed by atoms with van der Waals surface area (Å²) in [5, 5.41) is 4.62. The fourth-order valence-corrected chi connectivity index (χ4v) is 2.98. The van der Waals surface area contributed by atoms with Crippen molar-refractivity contribution in [3.63, 3.8) is 0 Å². The van der Waals surface area contributed by atoms with Gasteiger partial charge in [0, 0.05) is 11.1 Å². The molecule has 1 N–H and O–H groups in total. The van der Waals surface area contributed by atoms with E-state index in [1.54, 1.807) is 0 Å². The van der Waals surface area contributed by atoms with E-state index in [-0.39, 0.29) is 0 Å². The molecule has 0 heterocycles. The van der Waals surface area contributed by atoms with Crippen LogP contribution in [0.1, 0.15) is 55.3 Å². The number of hydrogen-bond acceptors (Lipinski definition) is 1. The van der Waals surface area contributed by atoms with Crippen molar-refractivity contribution in [2.45, 2.75) is 52.5 Å². The minimum absolute atomic E-state index is 0.450. The van der Waals surface area contributed by atoms with Gasteiger partial charge < -0.3 is 5.32 Å². The van der Waals surface area contributed by atoms with Crippen LogP contribution in [0.15, 0.2) is 12.1 Å². The average molecular weight is 266 g/mol. The lowest BCUT2D eigenvalue weighted by Crippen LogP contribution is -2.33. The van der Waals surface area contributed by atoms with E-state index in [9.17, 15) is 0 Å². The molecule has 0 saturated heterocycles. The van der Waals surface area contributed by atoms with Crippen LogP contribution in [-0.4, -0.2) is 6.54 Å². The Balaban J connectivity index is 2.25. The molecule has 0 radical (unpaired) electrons. The fourth-order valence-electron chi connectivity index (χ4n) is 2.65. The van der Waals surface area contributed by atoms with Gasteiger partial charge in [0.25, 0.3) is 0 Å². The van der Waals surface area contributed by atoms with Crippen LogP contribution in [0.3, 0.4) is 0 Å². The molecule has 0 spiro atoms. The zero-order valence-electron chi connectivity index (χ0n) is 11.7. The average Bonchev–Trinajstić information content (AvgIpc) is 2.27. The lowest BCUT2D eigenvalue weighted by atomic mass is 9.76. The van der Waals surface area contributed by atoms with Crippen LogP contribution in [0.25, 0.3) is 0 Å². The van der Waals surface area contributed by atoms with Gasteiger partial charge in [-0.05, 0) is 68.3 Å². The molecule has 2 rings (SSSR count). The molecule has 1 fully saturated rings. The molecule has 1 nitrogen and oxygen atoms in total. The smallest absolute Gasteiger partial charge is 0.0456 e. The van der Waals surface area contributed by atoms with Crippen molar-refractivity contribution in [2.24, 2.45) is 5.92 Å². The second kappa shape index (κ2) is 6.08. The highest BCUT2D eigenvalue weighted by Crippen LogP contribution is 2.40. The van der Waals surface area contributed by atoms with Crippen LogP contribution in [0.4, 0.5) is 0 Å². The number of rotatable bonds is 5. The maximum atomic E-state index is 6.46. The van der Waals surface area contributed by atoms with Crippen molar-refractivity contribution in [1.82, 2.24) is 5.32 Å². The first-order chi connectivity index (χ1) is 8.63. The van der Waals surface area contributed by atoms with Crippen LogP contribution >= 0.6 is 11.6 Å². The van der Waals surface area contributed by atoms with Gasteiger partial charge in [-0.3, -0.25) is 0 Å². The summed E-state index contributed by atoms with van der Waals surface area (Å²) in [6.45, 7) is 7.59. The van der Waals surface area contributed by atoms with Gasteiger partial charge in [0.2, 0.25) is 0 Å². The highest BCUT2D eigenvalue weighted by atomic mass is 35.5. The minimum atomic E-state index is 0.450. The van der Waals surface area contributed by atoms with Gasteiger partial charge in [0.1, 0.15) is 0 Å². The Kier molecular flexibility index (Phi) is 4.69. The van der Waals surface area contributed by atoms with Gasteiger partial charge in [0.05, 0.1) is 0 Å². The summed E-state index contributed by atoms with van der Waals surface area (Å²) in [4.78, 5) is 0. The van der Waals surface area contributed by atoms with Gasteiger partial charge >= 0.3 is 0 Å². The summed E-state index contributed by atoms with van der Waals surface area (Å²) in [6.07, 6.45) is 5.22. The number of hydrogen-bond donors (Lipinski definition) is 1. The Morgan fingerprint density at radius 1 is 1.28 bits per heavy atom. The van der Waals surface area contributed by atoms with Gasteiger partial charge in [-0.1, -0.05) is 31.0 Å². The van der Waals surface area contributed by atoms with E-state index in [1.165, 1.54) is 42.4 Å². The molecule has 18 heavy (non-hydrogen) atoms. The molecule has 2 heteroatoms. The van der Waals surface area contributed by atoms with E-state index in [0.29, 0.717) is 6.04 Å². The summed E-state index contributed by atoms with van der Waals surface area (Å²) < 4.78 is 0. The first-order valence-corrected chi connectivity index (χ1v) is 7.51. The number of nitrogens with one attached hydrogen (secondary N) is 1. The largest absolute Gasteiger partial charge is 0.310 e.